The number of ether oxygens (including phenoxy) is 1. The molecule has 0 saturated heterocycles. The number of nitrogens with zero attached hydrogens (tertiary/aromatic N) is 3. The van der Waals surface area contributed by atoms with Gasteiger partial charge in [-0.05, 0) is 78.1 Å². The van der Waals surface area contributed by atoms with E-state index in [1.165, 1.54) is 11.6 Å². The smallest absolute Gasteiger partial charge is 0.354 e. The summed E-state index contributed by atoms with van der Waals surface area (Å²) in [5.74, 6) is -1.58. The van der Waals surface area contributed by atoms with E-state index in [0.717, 1.165) is 33.5 Å². The normalized spacial score (nSPS) is 13.6. The van der Waals surface area contributed by atoms with E-state index < -0.39 is 39.6 Å². The molecule has 2 unspecified atom stereocenters. The minimum Gasteiger partial charge on any atom is -0.490 e. The lowest BCUT2D eigenvalue weighted by atomic mass is 9.76. The number of rotatable bonds is 16. The Bertz CT molecular complexity index is 2460. The van der Waals surface area contributed by atoms with Crippen molar-refractivity contribution in [3.8, 4) is 11.4 Å². The van der Waals surface area contributed by atoms with Gasteiger partial charge < -0.3 is 15.4 Å². The highest BCUT2D eigenvalue weighted by atomic mass is 35.5. The number of Topliss-reactive ketones (excluding diaryl/α,β-unsaturated/α-hetero) is 1. The molecule has 2 amide bonds. The largest absolute Gasteiger partial charge is 0.490 e. The molecule has 1 aromatic heterocycles. The van der Waals surface area contributed by atoms with E-state index in [1.54, 1.807) is 93.6 Å². The van der Waals surface area contributed by atoms with Crippen molar-refractivity contribution in [2.75, 3.05) is 10.6 Å². The van der Waals surface area contributed by atoms with Crippen LogP contribution in [0.4, 0.5) is 11.4 Å². The number of nitrogens with one attached hydrogen (secondary N) is 2. The molecule has 12 heteroatoms. The molecule has 2 N–H and O–H groups in total. The first kappa shape index (κ1) is 45.4. The molecule has 5 aromatic rings. The van der Waals surface area contributed by atoms with Crippen molar-refractivity contribution in [1.82, 2.24) is 13.9 Å². The number of aromatic nitrogens is 3. The molecule has 318 valence electrons. The van der Waals surface area contributed by atoms with Gasteiger partial charge in [-0.1, -0.05) is 141 Å². The van der Waals surface area contributed by atoms with Crippen molar-refractivity contribution < 1.29 is 19.1 Å². The summed E-state index contributed by atoms with van der Waals surface area (Å²) >= 11 is 7.11. The van der Waals surface area contributed by atoms with Crippen LogP contribution in [0, 0.1) is 5.41 Å². The minimum atomic E-state index is -2.81. The molecule has 2 atom stereocenters. The molecule has 1 heterocycles. The molecule has 4 aromatic carbocycles. The maximum absolute atomic E-state index is 14.4. The Morgan fingerprint density at radius 1 is 0.717 bits per heavy atom. The van der Waals surface area contributed by atoms with Crippen LogP contribution >= 0.6 is 11.6 Å². The summed E-state index contributed by atoms with van der Waals surface area (Å²) in [6, 6.07) is 30.1. The summed E-state index contributed by atoms with van der Waals surface area (Å²) in [5.41, 5.74) is 0.500. The van der Waals surface area contributed by atoms with E-state index in [-0.39, 0.29) is 35.4 Å². The van der Waals surface area contributed by atoms with Crippen LogP contribution < -0.4 is 26.7 Å². The molecule has 60 heavy (non-hydrogen) atoms. The lowest BCUT2D eigenvalue weighted by Gasteiger charge is -2.31. The Morgan fingerprint density at radius 2 is 1.30 bits per heavy atom. The third kappa shape index (κ3) is 9.68. The molecule has 5 rings (SSSR count). The van der Waals surface area contributed by atoms with Gasteiger partial charge in [0.2, 0.25) is 5.91 Å². The summed E-state index contributed by atoms with van der Waals surface area (Å²) in [6.45, 7) is 19.6. The van der Waals surface area contributed by atoms with E-state index in [2.05, 4.69) is 64.3 Å². The highest BCUT2D eigenvalue weighted by Crippen LogP contribution is 2.39. The van der Waals surface area contributed by atoms with Gasteiger partial charge >= 0.3 is 11.4 Å². The van der Waals surface area contributed by atoms with E-state index in [0.29, 0.717) is 21.5 Å². The number of carbonyl (C=O) groups is 3. The van der Waals surface area contributed by atoms with Crippen LogP contribution in [-0.2, 0) is 36.8 Å². The number of ketones is 1. The first-order valence-electron chi connectivity index (χ1n) is 20.5. The van der Waals surface area contributed by atoms with E-state index in [4.69, 9.17) is 16.3 Å². The van der Waals surface area contributed by atoms with Crippen molar-refractivity contribution in [3.63, 3.8) is 0 Å². The monoisotopic (exact) mass is 835 g/mol. The van der Waals surface area contributed by atoms with Crippen LogP contribution in [0.5, 0.6) is 5.75 Å². The highest BCUT2D eigenvalue weighted by Gasteiger charge is 2.53. The van der Waals surface area contributed by atoms with Crippen molar-refractivity contribution >= 4 is 40.6 Å². The third-order valence-corrected chi connectivity index (χ3v) is 11.8. The molecule has 0 spiro atoms. The first-order valence-corrected chi connectivity index (χ1v) is 20.8. The number of amides is 2. The summed E-state index contributed by atoms with van der Waals surface area (Å²) in [4.78, 5) is 68.1. The fourth-order valence-electron chi connectivity index (χ4n) is 6.86. The van der Waals surface area contributed by atoms with Gasteiger partial charge in [0.25, 0.3) is 10.9 Å². The lowest BCUT2D eigenvalue weighted by molar-refractivity contribution is -0.138. The molecule has 0 radical (unpaired) electrons. The number of hydrogen-bond acceptors (Lipinski definition) is 6. The Labute approximate surface area is 357 Å². The predicted molar refractivity (Wildman–Crippen MR) is 240 cm³/mol. The molecule has 11 nitrogen and oxygen atoms in total. The number of hydrogen-bond donors (Lipinski definition) is 2. The minimum absolute atomic E-state index is 0.000316. The molecule has 0 aliphatic carbocycles. The zero-order valence-electron chi connectivity index (χ0n) is 36.4. The van der Waals surface area contributed by atoms with Crippen LogP contribution in [0.3, 0.4) is 0 Å². The molecule has 0 aliphatic heterocycles. The van der Waals surface area contributed by atoms with E-state index in [9.17, 15) is 24.0 Å². The van der Waals surface area contributed by atoms with Crippen molar-refractivity contribution in [2.24, 2.45) is 5.41 Å². The number of halogens is 1. The molecule has 0 saturated carbocycles. The second-order valence-corrected chi connectivity index (χ2v) is 18.2. The maximum Gasteiger partial charge on any atom is 0.354 e. The van der Waals surface area contributed by atoms with Gasteiger partial charge in [-0.2, -0.15) is 4.68 Å². The SMILES string of the molecule is CCC(C)(C)c1ccc(OC(C)CC(=O)Nc2cccc(NC(=O)C(Cl)(C(=O)C(C)(C)C)n3c(=O)n(Cc4ccccc4)n(-c4ccccc4)c3=O)c2)c(C(C)(C)CC)c1. The second kappa shape index (κ2) is 17.9. The van der Waals surface area contributed by atoms with Crippen molar-refractivity contribution in [2.45, 2.75) is 117 Å². The van der Waals surface area contributed by atoms with Crippen LogP contribution in [-0.4, -0.2) is 37.6 Å². The number of anilines is 2. The quantitative estimate of drug-likeness (QED) is 0.0753. The standard InChI is InChI=1S/C48H58ClN5O6/c1-11-46(7,8)34-26-27-39(38(29-34)47(9,10)12-2)60-32(3)28-40(55)50-35-22-19-23-36(30-35)51-42(57)48(49,41(56)45(4,5)6)53-43(58)52(31-33-20-15-13-16-21-33)54(44(53)59)37-24-17-14-18-25-37/h13-27,29-30,32H,11-12,28,31H2,1-10H3,(H,50,55)(H,51,57). The second-order valence-electron chi connectivity index (χ2n) is 17.7. The average molecular weight is 836 g/mol. The third-order valence-electron chi connectivity index (χ3n) is 11.3. The van der Waals surface area contributed by atoms with Gasteiger partial charge in [-0.3, -0.25) is 14.4 Å². The summed E-state index contributed by atoms with van der Waals surface area (Å²) < 4.78 is 9.21. The number of para-hydroxylation sites is 1. The molecule has 0 bridgehead atoms. The van der Waals surface area contributed by atoms with Gasteiger partial charge in [0.15, 0.2) is 5.78 Å². The van der Waals surface area contributed by atoms with Crippen molar-refractivity contribution in [1.29, 1.82) is 0 Å². The zero-order chi connectivity index (χ0) is 44.2. The topological polar surface area (TPSA) is 133 Å². The number of carbonyl (C=O) groups excluding carboxylic acids is 3. The Hall–Kier alpha value is -5.68. The molecule has 0 fully saturated rings. The number of alkyl halides is 1. The Kier molecular flexibility index (Phi) is 13.5. The van der Waals surface area contributed by atoms with Gasteiger partial charge in [0.05, 0.1) is 18.7 Å². The average Bonchev–Trinajstić information content (AvgIpc) is 3.45. The predicted octanol–water partition coefficient (Wildman–Crippen LogP) is 9.17. The zero-order valence-corrected chi connectivity index (χ0v) is 37.1. The van der Waals surface area contributed by atoms with Crippen LogP contribution in [0.15, 0.2) is 113 Å². The summed E-state index contributed by atoms with van der Waals surface area (Å²) in [7, 11) is 0. The lowest BCUT2D eigenvalue weighted by Crippen LogP contribution is -2.58. The van der Waals surface area contributed by atoms with Crippen LogP contribution in [0.25, 0.3) is 5.69 Å². The summed E-state index contributed by atoms with van der Waals surface area (Å²) in [6.07, 6.45) is 1.45. The van der Waals surface area contributed by atoms with Crippen molar-refractivity contribution in [3.05, 3.63) is 141 Å². The summed E-state index contributed by atoms with van der Waals surface area (Å²) in [5, 5.41) is 5.52. The van der Waals surface area contributed by atoms with Gasteiger partial charge in [-0.15, -0.1) is 0 Å². The van der Waals surface area contributed by atoms with Gasteiger partial charge in [-0.25, -0.2) is 18.8 Å². The molecular formula is C48H58ClN5O6. The van der Waals surface area contributed by atoms with Crippen LogP contribution in [0.1, 0.15) is 105 Å². The molecular weight excluding hydrogens is 778 g/mol. The van der Waals surface area contributed by atoms with Gasteiger partial charge in [0, 0.05) is 22.4 Å². The Balaban J connectivity index is 1.42. The number of benzene rings is 4. The first-order chi connectivity index (χ1) is 28.1. The van der Waals surface area contributed by atoms with E-state index in [1.807, 2.05) is 19.1 Å². The Morgan fingerprint density at radius 3 is 1.88 bits per heavy atom. The van der Waals surface area contributed by atoms with E-state index >= 15 is 0 Å². The fourth-order valence-corrected chi connectivity index (χ4v) is 7.33. The van der Waals surface area contributed by atoms with Crippen LogP contribution in [0.2, 0.25) is 0 Å². The maximum atomic E-state index is 14.4. The fraction of sp³-hybridized carbons (Fsp3) is 0.396. The highest BCUT2D eigenvalue weighted by molar-refractivity contribution is 6.45. The van der Waals surface area contributed by atoms with Gasteiger partial charge in [0.1, 0.15) is 11.9 Å². The molecule has 0 aliphatic rings.